The highest BCUT2D eigenvalue weighted by Gasteiger charge is 2.64. The summed E-state index contributed by atoms with van der Waals surface area (Å²) in [7, 11) is 0. The second kappa shape index (κ2) is 6.41. The normalized spacial score (nSPS) is 24.7. The van der Waals surface area contributed by atoms with Crippen LogP contribution >= 0.6 is 0 Å². The third-order valence-corrected chi connectivity index (χ3v) is 5.76. The van der Waals surface area contributed by atoms with E-state index in [1.807, 2.05) is 44.2 Å². The van der Waals surface area contributed by atoms with Gasteiger partial charge in [0.2, 0.25) is 5.91 Å². The summed E-state index contributed by atoms with van der Waals surface area (Å²) in [6, 6.07) is 9.32. The van der Waals surface area contributed by atoms with Crippen molar-refractivity contribution in [2.75, 3.05) is 13.1 Å². The largest absolute Gasteiger partial charge is 0.479 e. The molecule has 2 fully saturated rings. The number of carboxylic acid groups (broad SMARTS) is 1. The van der Waals surface area contributed by atoms with Crippen molar-refractivity contribution in [3.05, 3.63) is 35.9 Å². The van der Waals surface area contributed by atoms with Crippen molar-refractivity contribution in [1.82, 2.24) is 9.80 Å². The molecule has 1 N–H and O–H groups in total. The highest BCUT2D eigenvalue weighted by atomic mass is 16.4. The lowest BCUT2D eigenvalue weighted by molar-refractivity contribution is -0.184. The van der Waals surface area contributed by atoms with Crippen LogP contribution in [0.3, 0.4) is 0 Å². The molecule has 6 nitrogen and oxygen atoms in total. The molecule has 2 atom stereocenters. The highest BCUT2D eigenvalue weighted by Crippen LogP contribution is 2.43. The molecule has 2 aliphatic heterocycles. The Morgan fingerprint density at radius 2 is 1.92 bits per heavy atom. The number of nitrogens with zero attached hydrogens (tertiary/aromatic N) is 2. The maximum Gasteiger partial charge on any atom is 0.329 e. The second-order valence-electron chi connectivity index (χ2n) is 7.91. The van der Waals surface area contributed by atoms with Gasteiger partial charge in [-0.3, -0.25) is 9.59 Å². The fraction of sp³-hybridized carbons (Fsp3) is 0.550. The van der Waals surface area contributed by atoms with Gasteiger partial charge in [0.05, 0.1) is 6.54 Å². The van der Waals surface area contributed by atoms with E-state index in [1.165, 1.54) is 4.90 Å². The Morgan fingerprint density at radius 3 is 2.46 bits per heavy atom. The number of benzene rings is 1. The molecule has 26 heavy (non-hydrogen) atoms. The van der Waals surface area contributed by atoms with Gasteiger partial charge >= 0.3 is 5.97 Å². The molecule has 2 amide bonds. The van der Waals surface area contributed by atoms with E-state index in [2.05, 4.69) is 0 Å². The van der Waals surface area contributed by atoms with E-state index in [0.29, 0.717) is 19.5 Å². The van der Waals surface area contributed by atoms with Gasteiger partial charge in [-0.25, -0.2) is 4.79 Å². The fourth-order valence-corrected chi connectivity index (χ4v) is 4.14. The predicted molar refractivity (Wildman–Crippen MR) is 96.4 cm³/mol. The van der Waals surface area contributed by atoms with Gasteiger partial charge < -0.3 is 14.9 Å². The number of likely N-dealkylation sites (tertiary alicyclic amines) is 2. The van der Waals surface area contributed by atoms with Crippen LogP contribution in [0.4, 0.5) is 0 Å². The lowest BCUT2D eigenvalue weighted by Crippen LogP contribution is -2.78. The van der Waals surface area contributed by atoms with Crippen LogP contribution in [0.15, 0.2) is 30.3 Å². The summed E-state index contributed by atoms with van der Waals surface area (Å²) in [6.45, 7) is 6.10. The third-order valence-electron chi connectivity index (χ3n) is 5.76. The second-order valence-corrected chi connectivity index (χ2v) is 7.91. The molecule has 0 saturated carbocycles. The quantitative estimate of drug-likeness (QED) is 0.816. The van der Waals surface area contributed by atoms with Gasteiger partial charge in [-0.15, -0.1) is 0 Å². The first-order valence-corrected chi connectivity index (χ1v) is 9.13. The Labute approximate surface area is 153 Å². The first kappa shape index (κ1) is 18.4. The van der Waals surface area contributed by atoms with Crippen molar-refractivity contribution in [1.29, 1.82) is 0 Å². The predicted octanol–water partition coefficient (Wildman–Crippen LogP) is 1.93. The molecule has 2 aliphatic rings. The standard InChI is InChI=1S/C20H26N2O4/c1-14(2)16(23)21-11-7-10-20(21)13-22(17(20)24)19(3,18(25)26)12-15-8-5-4-6-9-15/h4-6,8-9,14H,7,10-13H2,1-3H3,(H,25,26). The molecule has 1 aromatic rings. The summed E-state index contributed by atoms with van der Waals surface area (Å²) in [6.07, 6.45) is 1.63. The molecule has 140 valence electrons. The molecule has 2 heterocycles. The van der Waals surface area contributed by atoms with E-state index >= 15 is 0 Å². The van der Waals surface area contributed by atoms with E-state index < -0.39 is 17.0 Å². The topological polar surface area (TPSA) is 77.9 Å². The average molecular weight is 358 g/mol. The molecule has 2 unspecified atom stereocenters. The van der Waals surface area contributed by atoms with Gasteiger partial charge in [0.25, 0.3) is 5.91 Å². The number of hydrogen-bond acceptors (Lipinski definition) is 3. The van der Waals surface area contributed by atoms with Crippen molar-refractivity contribution in [2.24, 2.45) is 5.92 Å². The molecule has 6 heteroatoms. The molecule has 1 aromatic carbocycles. The number of carbonyl (C=O) groups is 3. The first-order chi connectivity index (χ1) is 12.2. The molecule has 2 saturated heterocycles. The van der Waals surface area contributed by atoms with Crippen molar-refractivity contribution in [3.8, 4) is 0 Å². The van der Waals surface area contributed by atoms with E-state index in [0.717, 1.165) is 12.0 Å². The highest BCUT2D eigenvalue weighted by molar-refractivity contribution is 6.00. The maximum absolute atomic E-state index is 13.1. The minimum absolute atomic E-state index is 0.0319. The summed E-state index contributed by atoms with van der Waals surface area (Å²) in [5.74, 6) is -1.47. The van der Waals surface area contributed by atoms with Gasteiger partial charge in [0, 0.05) is 18.9 Å². The minimum atomic E-state index is -1.32. The molecule has 0 bridgehead atoms. The molecular formula is C20H26N2O4. The smallest absolute Gasteiger partial charge is 0.329 e. The van der Waals surface area contributed by atoms with Crippen molar-refractivity contribution in [3.63, 3.8) is 0 Å². The molecule has 0 aromatic heterocycles. The molecular weight excluding hydrogens is 332 g/mol. The number of carbonyl (C=O) groups excluding carboxylic acids is 2. The zero-order chi connectivity index (χ0) is 19.1. The third kappa shape index (κ3) is 2.68. The van der Waals surface area contributed by atoms with Gasteiger partial charge in [-0.2, -0.15) is 0 Å². The number of β-lactam (4-membered cyclic amide) rings is 1. The van der Waals surface area contributed by atoms with Crippen LogP contribution in [-0.2, 0) is 20.8 Å². The number of carboxylic acids is 1. The van der Waals surface area contributed by atoms with E-state index in [-0.39, 0.29) is 24.2 Å². The van der Waals surface area contributed by atoms with Crippen molar-refractivity contribution >= 4 is 17.8 Å². The molecule has 0 aliphatic carbocycles. The van der Waals surface area contributed by atoms with Crippen LogP contribution in [0.1, 0.15) is 39.2 Å². The first-order valence-electron chi connectivity index (χ1n) is 9.13. The lowest BCUT2D eigenvalue weighted by atomic mass is 9.78. The van der Waals surface area contributed by atoms with Crippen LogP contribution in [0.2, 0.25) is 0 Å². The van der Waals surface area contributed by atoms with Crippen molar-refractivity contribution in [2.45, 2.75) is 51.1 Å². The molecule has 3 rings (SSSR count). The van der Waals surface area contributed by atoms with Crippen LogP contribution in [0.5, 0.6) is 0 Å². The Balaban J connectivity index is 1.85. The van der Waals surface area contributed by atoms with Crippen LogP contribution < -0.4 is 0 Å². The fourth-order valence-electron chi connectivity index (χ4n) is 4.14. The van der Waals surface area contributed by atoms with Gasteiger partial charge in [0.1, 0.15) is 11.1 Å². The number of amides is 2. The SMILES string of the molecule is CC(C)C(=O)N1CCCC12CN(C(C)(Cc1ccccc1)C(=O)O)C2=O. The number of rotatable bonds is 5. The maximum atomic E-state index is 13.1. The summed E-state index contributed by atoms with van der Waals surface area (Å²) in [5, 5.41) is 9.87. The Kier molecular flexibility index (Phi) is 4.54. The summed E-state index contributed by atoms with van der Waals surface area (Å²) in [5.41, 5.74) is -1.29. The van der Waals surface area contributed by atoms with Gasteiger partial charge in [0.15, 0.2) is 0 Å². The van der Waals surface area contributed by atoms with E-state index in [9.17, 15) is 19.5 Å². The Bertz CT molecular complexity index is 733. The zero-order valence-corrected chi connectivity index (χ0v) is 15.6. The minimum Gasteiger partial charge on any atom is -0.479 e. The molecule has 0 radical (unpaired) electrons. The van der Waals surface area contributed by atoms with Crippen molar-refractivity contribution < 1.29 is 19.5 Å². The Hall–Kier alpha value is -2.37. The Morgan fingerprint density at radius 1 is 1.27 bits per heavy atom. The van der Waals surface area contributed by atoms with E-state index in [4.69, 9.17) is 0 Å². The average Bonchev–Trinajstić information content (AvgIpc) is 3.06. The summed E-state index contributed by atoms with van der Waals surface area (Å²) < 4.78 is 0. The number of aliphatic carboxylic acids is 1. The van der Waals surface area contributed by atoms with Crippen LogP contribution in [-0.4, -0.2) is 56.9 Å². The van der Waals surface area contributed by atoms with E-state index in [1.54, 1.807) is 11.8 Å². The van der Waals surface area contributed by atoms with Crippen LogP contribution in [0, 0.1) is 5.92 Å². The summed E-state index contributed by atoms with van der Waals surface area (Å²) in [4.78, 5) is 40.8. The zero-order valence-electron chi connectivity index (χ0n) is 15.6. The summed E-state index contributed by atoms with van der Waals surface area (Å²) >= 11 is 0. The van der Waals surface area contributed by atoms with Crippen LogP contribution in [0.25, 0.3) is 0 Å². The number of hydrogen-bond donors (Lipinski definition) is 1. The monoisotopic (exact) mass is 358 g/mol. The lowest BCUT2D eigenvalue weighted by Gasteiger charge is -2.56. The molecule has 1 spiro atoms. The van der Waals surface area contributed by atoms with Gasteiger partial charge in [-0.1, -0.05) is 44.2 Å². The van der Waals surface area contributed by atoms with Gasteiger partial charge in [-0.05, 0) is 25.3 Å².